The van der Waals surface area contributed by atoms with Gasteiger partial charge < -0.3 is 4.98 Å². The molecular formula is C11H13BrN2O2S. The molecule has 0 saturated heterocycles. The van der Waals surface area contributed by atoms with Gasteiger partial charge in [0.15, 0.2) is 0 Å². The second-order valence-corrected chi connectivity index (χ2v) is 6.63. The van der Waals surface area contributed by atoms with E-state index in [2.05, 4.69) is 25.6 Å². The van der Waals surface area contributed by atoms with Crippen molar-refractivity contribution in [1.82, 2.24) is 9.71 Å². The van der Waals surface area contributed by atoms with Gasteiger partial charge in [0.1, 0.15) is 4.90 Å². The quantitative estimate of drug-likeness (QED) is 0.914. The Morgan fingerprint density at radius 3 is 2.71 bits per heavy atom. The van der Waals surface area contributed by atoms with E-state index in [9.17, 15) is 8.42 Å². The van der Waals surface area contributed by atoms with Crippen molar-refractivity contribution in [2.45, 2.75) is 24.8 Å². The maximum absolute atomic E-state index is 12.1. The van der Waals surface area contributed by atoms with Crippen LogP contribution in [0.4, 0.5) is 0 Å². The topological polar surface area (TPSA) is 62.0 Å². The maximum atomic E-state index is 12.1. The average Bonchev–Trinajstić information content (AvgIpc) is 2.61. The van der Waals surface area contributed by atoms with Crippen molar-refractivity contribution in [2.75, 3.05) is 0 Å². The Morgan fingerprint density at radius 1 is 1.35 bits per heavy atom. The second-order valence-electron chi connectivity index (χ2n) is 4.09. The minimum atomic E-state index is -3.46. The number of halogens is 1. The molecule has 0 fully saturated rings. The molecule has 2 aromatic rings. The summed E-state index contributed by atoms with van der Waals surface area (Å²) in [5.74, 6) is 0. The predicted molar refractivity (Wildman–Crippen MR) is 71.5 cm³/mol. The lowest BCUT2D eigenvalue weighted by atomic mass is 10.2. The first-order valence-electron chi connectivity index (χ1n) is 5.20. The number of nitrogens with one attached hydrogen (secondary N) is 2. The van der Waals surface area contributed by atoms with Gasteiger partial charge >= 0.3 is 0 Å². The minimum absolute atomic E-state index is 0.128. The van der Waals surface area contributed by atoms with Gasteiger partial charge in [-0.25, -0.2) is 13.1 Å². The number of aromatic nitrogens is 1. The third-order valence-corrected chi connectivity index (χ3v) is 4.67. The van der Waals surface area contributed by atoms with Crippen LogP contribution in [0, 0.1) is 0 Å². The lowest BCUT2D eigenvalue weighted by Gasteiger charge is -2.08. The number of hydrogen-bond acceptors (Lipinski definition) is 2. The van der Waals surface area contributed by atoms with Gasteiger partial charge in [-0.15, -0.1) is 0 Å². The Labute approximate surface area is 109 Å². The third-order valence-electron chi connectivity index (χ3n) is 2.31. The molecule has 1 aromatic heterocycles. The van der Waals surface area contributed by atoms with Gasteiger partial charge in [-0.05, 0) is 35.8 Å². The van der Waals surface area contributed by atoms with Crippen LogP contribution >= 0.6 is 15.9 Å². The minimum Gasteiger partial charge on any atom is -0.359 e. The van der Waals surface area contributed by atoms with Gasteiger partial charge in [0, 0.05) is 22.1 Å². The van der Waals surface area contributed by atoms with Crippen LogP contribution in [0.3, 0.4) is 0 Å². The van der Waals surface area contributed by atoms with Gasteiger partial charge in [0.2, 0.25) is 10.0 Å². The summed E-state index contributed by atoms with van der Waals surface area (Å²) in [6, 6.07) is 5.34. The summed E-state index contributed by atoms with van der Waals surface area (Å²) < 4.78 is 27.6. The Balaban J connectivity index is 2.61. The largest absolute Gasteiger partial charge is 0.359 e. The van der Waals surface area contributed by atoms with E-state index >= 15 is 0 Å². The van der Waals surface area contributed by atoms with Crippen molar-refractivity contribution in [3.05, 3.63) is 28.9 Å². The van der Waals surface area contributed by atoms with Crippen LogP contribution in [0.25, 0.3) is 10.9 Å². The van der Waals surface area contributed by atoms with E-state index in [1.165, 1.54) is 6.20 Å². The Morgan fingerprint density at radius 2 is 2.06 bits per heavy atom. The average molecular weight is 317 g/mol. The highest BCUT2D eigenvalue weighted by atomic mass is 79.9. The number of fused-ring (bicyclic) bond motifs is 1. The van der Waals surface area contributed by atoms with Crippen molar-refractivity contribution in [3.63, 3.8) is 0 Å². The lowest BCUT2D eigenvalue weighted by molar-refractivity contribution is 0.571. The van der Waals surface area contributed by atoms with Crippen LogP contribution < -0.4 is 4.72 Å². The molecule has 0 aliphatic carbocycles. The molecule has 0 amide bonds. The summed E-state index contributed by atoms with van der Waals surface area (Å²) in [4.78, 5) is 3.25. The summed E-state index contributed by atoms with van der Waals surface area (Å²) in [6.45, 7) is 3.59. The molecule has 0 spiro atoms. The molecule has 0 bridgehead atoms. The van der Waals surface area contributed by atoms with E-state index in [0.717, 1.165) is 9.99 Å². The van der Waals surface area contributed by atoms with E-state index in [1.807, 2.05) is 12.1 Å². The summed E-state index contributed by atoms with van der Waals surface area (Å²) in [7, 11) is -3.46. The number of benzene rings is 1. The molecule has 17 heavy (non-hydrogen) atoms. The molecule has 0 saturated carbocycles. The standard InChI is InChI=1S/C11H13BrN2O2S/c1-7(2)14-17(15,16)10-6-13-11-8(10)4-3-5-9(11)12/h3-7,13-14H,1-2H3. The molecule has 92 valence electrons. The number of rotatable bonds is 3. The molecule has 4 nitrogen and oxygen atoms in total. The van der Waals surface area contributed by atoms with Crippen LogP contribution in [0.5, 0.6) is 0 Å². The summed E-state index contributed by atoms with van der Waals surface area (Å²) in [5, 5.41) is 0.688. The normalized spacial score (nSPS) is 12.5. The van der Waals surface area contributed by atoms with E-state index in [0.29, 0.717) is 5.39 Å². The van der Waals surface area contributed by atoms with Crippen molar-refractivity contribution in [1.29, 1.82) is 0 Å². The van der Waals surface area contributed by atoms with Gasteiger partial charge in [-0.1, -0.05) is 12.1 Å². The first-order valence-corrected chi connectivity index (χ1v) is 7.47. The van der Waals surface area contributed by atoms with E-state index < -0.39 is 10.0 Å². The lowest BCUT2D eigenvalue weighted by Crippen LogP contribution is -2.30. The van der Waals surface area contributed by atoms with Crippen molar-refractivity contribution < 1.29 is 8.42 Å². The Hall–Kier alpha value is -0.850. The monoisotopic (exact) mass is 316 g/mol. The van der Waals surface area contributed by atoms with Gasteiger partial charge in [0.05, 0.1) is 5.52 Å². The zero-order chi connectivity index (χ0) is 12.6. The van der Waals surface area contributed by atoms with Gasteiger partial charge in [0.25, 0.3) is 0 Å². The molecule has 1 aromatic carbocycles. The Bertz CT molecular complexity index is 647. The molecular weight excluding hydrogens is 304 g/mol. The predicted octanol–water partition coefficient (Wildman–Crippen LogP) is 2.62. The van der Waals surface area contributed by atoms with Crippen LogP contribution in [0.2, 0.25) is 0 Å². The summed E-state index contributed by atoms with van der Waals surface area (Å²) >= 11 is 3.38. The number of hydrogen-bond donors (Lipinski definition) is 2. The van der Waals surface area contributed by atoms with Crippen molar-refractivity contribution >= 4 is 36.9 Å². The number of H-pyrrole nitrogens is 1. The zero-order valence-corrected chi connectivity index (χ0v) is 11.9. The van der Waals surface area contributed by atoms with Gasteiger partial charge in [-0.3, -0.25) is 0 Å². The van der Waals surface area contributed by atoms with E-state index in [1.54, 1.807) is 19.9 Å². The summed E-state index contributed by atoms with van der Waals surface area (Å²) in [6.07, 6.45) is 1.51. The van der Waals surface area contributed by atoms with Crippen LogP contribution in [-0.2, 0) is 10.0 Å². The number of para-hydroxylation sites is 1. The van der Waals surface area contributed by atoms with Gasteiger partial charge in [-0.2, -0.15) is 0 Å². The first-order chi connectivity index (χ1) is 7.92. The fourth-order valence-corrected chi connectivity index (χ4v) is 3.59. The maximum Gasteiger partial charge on any atom is 0.242 e. The third kappa shape index (κ3) is 2.38. The molecule has 0 atom stereocenters. The van der Waals surface area contributed by atoms with Crippen LogP contribution in [0.15, 0.2) is 33.8 Å². The Kier molecular flexibility index (Phi) is 3.29. The molecule has 2 N–H and O–H groups in total. The summed E-state index contributed by atoms with van der Waals surface area (Å²) in [5.41, 5.74) is 0.789. The second kappa shape index (κ2) is 4.44. The number of sulfonamides is 1. The molecule has 0 unspecified atom stereocenters. The molecule has 0 radical (unpaired) electrons. The zero-order valence-electron chi connectivity index (χ0n) is 9.49. The first kappa shape index (κ1) is 12.6. The smallest absolute Gasteiger partial charge is 0.242 e. The molecule has 2 rings (SSSR count). The molecule has 0 aliphatic heterocycles. The van der Waals surface area contributed by atoms with E-state index in [-0.39, 0.29) is 10.9 Å². The molecule has 0 aliphatic rings. The SMILES string of the molecule is CC(C)NS(=O)(=O)c1c[nH]c2c(Br)cccc12. The highest BCUT2D eigenvalue weighted by Crippen LogP contribution is 2.28. The highest BCUT2D eigenvalue weighted by molar-refractivity contribution is 9.10. The fraction of sp³-hybridized carbons (Fsp3) is 0.273. The van der Waals surface area contributed by atoms with Crippen LogP contribution in [0.1, 0.15) is 13.8 Å². The van der Waals surface area contributed by atoms with Crippen LogP contribution in [-0.4, -0.2) is 19.4 Å². The molecule has 6 heteroatoms. The van der Waals surface area contributed by atoms with Crippen molar-refractivity contribution in [2.24, 2.45) is 0 Å². The van der Waals surface area contributed by atoms with E-state index in [4.69, 9.17) is 0 Å². The van der Waals surface area contributed by atoms with Crippen molar-refractivity contribution in [3.8, 4) is 0 Å². The highest BCUT2D eigenvalue weighted by Gasteiger charge is 2.20. The molecule has 1 heterocycles. The fourth-order valence-electron chi connectivity index (χ4n) is 1.69. The number of aromatic amines is 1.